The number of benzene rings is 2. The van der Waals surface area contributed by atoms with Gasteiger partial charge < -0.3 is 9.42 Å². The highest BCUT2D eigenvalue weighted by Gasteiger charge is 2.33. The number of rotatable bonds is 3. The lowest BCUT2D eigenvalue weighted by Gasteiger charge is -2.33. The fraction of sp³-hybridized carbons (Fsp3) is 0.250. The SMILES string of the molecule is O=C(c1ccccc1Cl)N1CCCCC1c1nc(-c2ccc(Br)cc2)no1. The molecule has 0 spiro atoms. The van der Waals surface area contributed by atoms with Crippen LogP contribution in [0.5, 0.6) is 0 Å². The summed E-state index contributed by atoms with van der Waals surface area (Å²) in [4.78, 5) is 19.4. The van der Waals surface area contributed by atoms with E-state index >= 15 is 0 Å². The van der Waals surface area contributed by atoms with E-state index < -0.39 is 0 Å². The number of halogens is 2. The van der Waals surface area contributed by atoms with Crippen LogP contribution in [-0.2, 0) is 0 Å². The van der Waals surface area contributed by atoms with Crippen LogP contribution in [0.15, 0.2) is 57.5 Å². The van der Waals surface area contributed by atoms with Crippen LogP contribution in [0, 0.1) is 0 Å². The largest absolute Gasteiger partial charge is 0.337 e. The summed E-state index contributed by atoms with van der Waals surface area (Å²) in [6.45, 7) is 0.644. The zero-order chi connectivity index (χ0) is 18.8. The molecule has 0 aliphatic carbocycles. The van der Waals surface area contributed by atoms with Gasteiger partial charge in [0.05, 0.1) is 10.6 Å². The molecule has 7 heteroatoms. The Labute approximate surface area is 170 Å². The van der Waals surface area contributed by atoms with Crippen molar-refractivity contribution in [2.45, 2.75) is 25.3 Å². The second-order valence-electron chi connectivity index (χ2n) is 6.45. The number of nitrogens with zero attached hydrogens (tertiary/aromatic N) is 3. The Kier molecular flexibility index (Phi) is 5.27. The number of hydrogen-bond acceptors (Lipinski definition) is 4. The van der Waals surface area contributed by atoms with Crippen LogP contribution in [0.2, 0.25) is 5.02 Å². The van der Waals surface area contributed by atoms with Gasteiger partial charge in [0.25, 0.3) is 5.91 Å². The van der Waals surface area contributed by atoms with Crippen molar-refractivity contribution in [1.82, 2.24) is 15.0 Å². The third kappa shape index (κ3) is 3.77. The summed E-state index contributed by atoms with van der Waals surface area (Å²) in [5.74, 6) is 0.884. The summed E-state index contributed by atoms with van der Waals surface area (Å²) >= 11 is 9.64. The standard InChI is InChI=1S/C20H17BrClN3O2/c21-14-10-8-13(9-11-14)18-23-19(27-24-18)17-7-3-4-12-25(17)20(26)15-5-1-2-6-16(15)22/h1-2,5-6,8-11,17H,3-4,7,12H2. The van der Waals surface area contributed by atoms with Gasteiger partial charge in [-0.3, -0.25) is 4.79 Å². The van der Waals surface area contributed by atoms with Gasteiger partial charge in [-0.25, -0.2) is 0 Å². The topological polar surface area (TPSA) is 59.2 Å². The molecule has 0 saturated carbocycles. The minimum absolute atomic E-state index is 0.103. The van der Waals surface area contributed by atoms with E-state index in [1.54, 1.807) is 17.0 Å². The molecule has 1 saturated heterocycles. The lowest BCUT2D eigenvalue weighted by molar-refractivity contribution is 0.0561. The van der Waals surface area contributed by atoms with E-state index in [-0.39, 0.29) is 11.9 Å². The summed E-state index contributed by atoms with van der Waals surface area (Å²) in [5.41, 5.74) is 1.37. The Morgan fingerprint density at radius 2 is 1.93 bits per heavy atom. The van der Waals surface area contributed by atoms with Crippen molar-refractivity contribution >= 4 is 33.4 Å². The number of carbonyl (C=O) groups is 1. The zero-order valence-corrected chi connectivity index (χ0v) is 16.8. The second kappa shape index (κ2) is 7.82. The molecule has 0 bridgehead atoms. The van der Waals surface area contributed by atoms with E-state index in [4.69, 9.17) is 16.1 Å². The van der Waals surface area contributed by atoms with Crippen molar-refractivity contribution in [2.24, 2.45) is 0 Å². The van der Waals surface area contributed by atoms with Crippen LogP contribution in [0.4, 0.5) is 0 Å². The highest BCUT2D eigenvalue weighted by Crippen LogP contribution is 2.33. The summed E-state index contributed by atoms with van der Waals surface area (Å²) in [7, 11) is 0. The minimum atomic E-state index is -0.237. The average molecular weight is 447 g/mol. The summed E-state index contributed by atoms with van der Waals surface area (Å²) in [5, 5.41) is 4.56. The van der Waals surface area contributed by atoms with Crippen LogP contribution >= 0.6 is 27.5 Å². The molecule has 1 aliphatic rings. The maximum Gasteiger partial charge on any atom is 0.256 e. The molecule has 1 fully saturated rings. The predicted molar refractivity (Wildman–Crippen MR) is 107 cm³/mol. The lowest BCUT2D eigenvalue weighted by atomic mass is 10.0. The Balaban J connectivity index is 1.62. The van der Waals surface area contributed by atoms with Crippen molar-refractivity contribution in [2.75, 3.05) is 6.54 Å². The first-order valence-electron chi connectivity index (χ1n) is 8.78. The Hall–Kier alpha value is -2.18. The molecule has 138 valence electrons. The normalized spacial score (nSPS) is 17.1. The van der Waals surface area contributed by atoms with E-state index in [2.05, 4.69) is 26.1 Å². The number of piperidine rings is 1. The smallest absolute Gasteiger partial charge is 0.256 e. The van der Waals surface area contributed by atoms with Crippen LogP contribution < -0.4 is 0 Å². The molecule has 1 unspecified atom stereocenters. The van der Waals surface area contributed by atoms with E-state index in [1.807, 2.05) is 36.4 Å². The van der Waals surface area contributed by atoms with Crippen LogP contribution in [0.25, 0.3) is 11.4 Å². The number of carbonyl (C=O) groups excluding carboxylic acids is 1. The van der Waals surface area contributed by atoms with Gasteiger partial charge in [-0.2, -0.15) is 4.98 Å². The molecule has 5 nitrogen and oxygen atoms in total. The molecular weight excluding hydrogens is 430 g/mol. The van der Waals surface area contributed by atoms with Gasteiger partial charge >= 0.3 is 0 Å². The molecule has 2 aromatic carbocycles. The Morgan fingerprint density at radius 3 is 2.70 bits per heavy atom. The van der Waals surface area contributed by atoms with E-state index in [1.165, 1.54) is 0 Å². The second-order valence-corrected chi connectivity index (χ2v) is 7.78. The highest BCUT2D eigenvalue weighted by atomic mass is 79.9. The average Bonchev–Trinajstić information content (AvgIpc) is 3.18. The van der Waals surface area contributed by atoms with Gasteiger partial charge in [0.2, 0.25) is 11.7 Å². The minimum Gasteiger partial charge on any atom is -0.337 e. The van der Waals surface area contributed by atoms with Gasteiger partial charge in [-0.05, 0) is 55.7 Å². The molecule has 1 amide bonds. The number of aromatic nitrogens is 2. The number of likely N-dealkylation sites (tertiary alicyclic amines) is 1. The molecule has 1 atom stereocenters. The molecule has 2 heterocycles. The van der Waals surface area contributed by atoms with Crippen molar-refractivity contribution in [3.63, 3.8) is 0 Å². The van der Waals surface area contributed by atoms with Gasteiger partial charge in [0.1, 0.15) is 6.04 Å². The number of hydrogen-bond donors (Lipinski definition) is 0. The highest BCUT2D eigenvalue weighted by molar-refractivity contribution is 9.10. The van der Waals surface area contributed by atoms with Crippen LogP contribution in [-0.4, -0.2) is 27.5 Å². The fourth-order valence-corrected chi connectivity index (χ4v) is 3.79. The van der Waals surface area contributed by atoms with Gasteiger partial charge in [-0.15, -0.1) is 0 Å². The van der Waals surface area contributed by atoms with Crippen LogP contribution in [0.3, 0.4) is 0 Å². The lowest BCUT2D eigenvalue weighted by Crippen LogP contribution is -2.38. The third-order valence-electron chi connectivity index (χ3n) is 4.70. The number of amides is 1. The molecule has 0 radical (unpaired) electrons. The maximum absolute atomic E-state index is 13.1. The first-order valence-corrected chi connectivity index (χ1v) is 9.95. The summed E-state index contributed by atoms with van der Waals surface area (Å²) in [6, 6.07) is 14.6. The van der Waals surface area contributed by atoms with Crippen molar-refractivity contribution in [1.29, 1.82) is 0 Å². The van der Waals surface area contributed by atoms with E-state index in [0.29, 0.717) is 28.8 Å². The molecule has 4 rings (SSSR count). The monoisotopic (exact) mass is 445 g/mol. The van der Waals surface area contributed by atoms with E-state index in [9.17, 15) is 4.79 Å². The van der Waals surface area contributed by atoms with Crippen molar-refractivity contribution < 1.29 is 9.32 Å². The fourth-order valence-electron chi connectivity index (χ4n) is 3.31. The van der Waals surface area contributed by atoms with Crippen molar-refractivity contribution in [3.05, 3.63) is 69.5 Å². The molecular formula is C20H17BrClN3O2. The quantitative estimate of drug-likeness (QED) is 0.531. The Bertz CT molecular complexity index is 958. The zero-order valence-electron chi connectivity index (χ0n) is 14.4. The first kappa shape index (κ1) is 18.2. The van der Waals surface area contributed by atoms with Crippen molar-refractivity contribution in [3.8, 4) is 11.4 Å². The van der Waals surface area contributed by atoms with Crippen LogP contribution in [0.1, 0.15) is 41.6 Å². The molecule has 3 aromatic rings. The molecule has 27 heavy (non-hydrogen) atoms. The molecule has 1 aliphatic heterocycles. The maximum atomic E-state index is 13.1. The van der Waals surface area contributed by atoms with Gasteiger partial charge in [-0.1, -0.05) is 44.8 Å². The third-order valence-corrected chi connectivity index (χ3v) is 5.56. The Morgan fingerprint density at radius 1 is 1.15 bits per heavy atom. The molecule has 0 N–H and O–H groups in total. The summed E-state index contributed by atoms with van der Waals surface area (Å²) in [6.07, 6.45) is 2.74. The first-order chi connectivity index (χ1) is 13.1. The van der Waals surface area contributed by atoms with Gasteiger partial charge in [0.15, 0.2) is 0 Å². The predicted octanol–water partition coefficient (Wildman–Crippen LogP) is 5.52. The van der Waals surface area contributed by atoms with Gasteiger partial charge in [0, 0.05) is 16.6 Å². The summed E-state index contributed by atoms with van der Waals surface area (Å²) < 4.78 is 6.52. The molecule has 1 aromatic heterocycles. The van der Waals surface area contributed by atoms with E-state index in [0.717, 1.165) is 29.3 Å².